The normalized spacial score (nSPS) is 15.0. The highest BCUT2D eigenvalue weighted by Gasteiger charge is 2.47. The number of rotatable bonds is 5. The molecule has 5 heteroatoms. The summed E-state index contributed by atoms with van der Waals surface area (Å²) in [6.45, 7) is 3.48. The fourth-order valence-corrected chi connectivity index (χ4v) is 2.82. The van der Waals surface area contributed by atoms with E-state index in [2.05, 4.69) is 10.3 Å². The monoisotopic (exact) mass is 326 g/mol. The summed E-state index contributed by atoms with van der Waals surface area (Å²) in [5.41, 5.74) is 2.09. The van der Waals surface area contributed by atoms with Crippen LogP contribution in [0.25, 0.3) is 0 Å². The Hall–Kier alpha value is -2.56. The molecule has 3 rings (SSSR count). The average molecular weight is 326 g/mol. The number of carbonyl (C=O) groups is 2. The zero-order chi connectivity index (χ0) is 17.3. The van der Waals surface area contributed by atoms with Gasteiger partial charge in [-0.2, -0.15) is 0 Å². The molecule has 1 aliphatic carbocycles. The Labute approximate surface area is 140 Å². The van der Waals surface area contributed by atoms with Crippen molar-refractivity contribution in [2.24, 2.45) is 0 Å². The maximum absolute atomic E-state index is 13.0. The molecule has 0 spiro atoms. The second-order valence-electron chi connectivity index (χ2n) is 6.14. The Balaban J connectivity index is 1.85. The number of nitrogens with one attached hydrogen (secondary N) is 1. The number of pyridine rings is 1. The standard InChI is InChI=1S/C19H19FN2O2/c1-3-16-15(12(2)23)8-9-17(21-16)19(10-11-19)22-18(24)13-4-6-14(20)7-5-13/h4-9H,3,10-11H2,1-2H3,(H,22,24). The fourth-order valence-electron chi connectivity index (χ4n) is 2.82. The van der Waals surface area contributed by atoms with Crippen LogP contribution in [-0.2, 0) is 12.0 Å². The number of halogens is 1. The van der Waals surface area contributed by atoms with E-state index in [-0.39, 0.29) is 17.5 Å². The summed E-state index contributed by atoms with van der Waals surface area (Å²) in [6.07, 6.45) is 2.26. The SMILES string of the molecule is CCc1nc(C2(NC(=O)c3ccc(F)cc3)CC2)ccc1C(C)=O. The minimum atomic E-state index is -0.481. The molecule has 1 N–H and O–H groups in total. The Kier molecular flexibility index (Phi) is 4.18. The van der Waals surface area contributed by atoms with E-state index in [9.17, 15) is 14.0 Å². The van der Waals surface area contributed by atoms with Crippen molar-refractivity contribution in [2.45, 2.75) is 38.6 Å². The Morgan fingerprint density at radius 1 is 1.17 bits per heavy atom. The van der Waals surface area contributed by atoms with Gasteiger partial charge >= 0.3 is 0 Å². The van der Waals surface area contributed by atoms with Gasteiger partial charge in [-0.1, -0.05) is 6.92 Å². The number of aromatic nitrogens is 1. The van der Waals surface area contributed by atoms with Gasteiger partial charge in [0, 0.05) is 11.1 Å². The molecule has 1 heterocycles. The first-order chi connectivity index (χ1) is 11.4. The van der Waals surface area contributed by atoms with Crippen LogP contribution in [-0.4, -0.2) is 16.7 Å². The van der Waals surface area contributed by atoms with Crippen molar-refractivity contribution < 1.29 is 14.0 Å². The van der Waals surface area contributed by atoms with Crippen LogP contribution in [0.15, 0.2) is 36.4 Å². The van der Waals surface area contributed by atoms with Crippen molar-refractivity contribution in [3.8, 4) is 0 Å². The molecule has 1 aromatic carbocycles. The molecule has 124 valence electrons. The highest BCUT2D eigenvalue weighted by molar-refractivity contribution is 5.96. The number of amides is 1. The van der Waals surface area contributed by atoms with Crippen molar-refractivity contribution in [2.75, 3.05) is 0 Å². The van der Waals surface area contributed by atoms with Gasteiger partial charge in [-0.15, -0.1) is 0 Å². The highest BCUT2D eigenvalue weighted by Crippen LogP contribution is 2.45. The molecule has 4 nitrogen and oxygen atoms in total. The Bertz CT molecular complexity index is 796. The van der Waals surface area contributed by atoms with E-state index < -0.39 is 5.54 Å². The number of hydrogen-bond acceptors (Lipinski definition) is 3. The number of hydrogen-bond donors (Lipinski definition) is 1. The first-order valence-corrected chi connectivity index (χ1v) is 8.04. The lowest BCUT2D eigenvalue weighted by Gasteiger charge is -2.18. The lowest BCUT2D eigenvalue weighted by molar-refractivity contribution is 0.0928. The van der Waals surface area contributed by atoms with Gasteiger partial charge in [0.05, 0.1) is 16.9 Å². The number of benzene rings is 1. The molecule has 1 amide bonds. The van der Waals surface area contributed by atoms with Crippen molar-refractivity contribution in [1.82, 2.24) is 10.3 Å². The van der Waals surface area contributed by atoms with E-state index in [0.29, 0.717) is 17.5 Å². The van der Waals surface area contributed by atoms with Crippen molar-refractivity contribution in [3.63, 3.8) is 0 Å². The number of nitrogens with zero attached hydrogens (tertiary/aromatic N) is 1. The summed E-state index contributed by atoms with van der Waals surface area (Å²) in [5.74, 6) is -0.629. The van der Waals surface area contributed by atoms with Gasteiger partial charge in [0.1, 0.15) is 5.82 Å². The maximum Gasteiger partial charge on any atom is 0.252 e. The maximum atomic E-state index is 13.0. The predicted molar refractivity (Wildman–Crippen MR) is 88.4 cm³/mol. The van der Waals surface area contributed by atoms with Crippen molar-refractivity contribution in [1.29, 1.82) is 0 Å². The third kappa shape index (κ3) is 3.07. The summed E-state index contributed by atoms with van der Waals surface area (Å²) in [7, 11) is 0. The topological polar surface area (TPSA) is 59.1 Å². The smallest absolute Gasteiger partial charge is 0.252 e. The second kappa shape index (κ2) is 6.15. The van der Waals surface area contributed by atoms with Crippen LogP contribution in [0.5, 0.6) is 0 Å². The van der Waals surface area contributed by atoms with Crippen LogP contribution in [0.2, 0.25) is 0 Å². The van der Waals surface area contributed by atoms with Crippen molar-refractivity contribution >= 4 is 11.7 Å². The van der Waals surface area contributed by atoms with E-state index >= 15 is 0 Å². The number of carbonyl (C=O) groups excluding carboxylic acids is 2. The summed E-state index contributed by atoms with van der Waals surface area (Å²) in [4.78, 5) is 28.7. The third-order valence-electron chi connectivity index (χ3n) is 4.39. The lowest BCUT2D eigenvalue weighted by atomic mass is 10.0. The van der Waals surface area contributed by atoms with Gasteiger partial charge in [0.2, 0.25) is 0 Å². The molecule has 24 heavy (non-hydrogen) atoms. The van der Waals surface area contributed by atoms with Gasteiger partial charge in [0.25, 0.3) is 5.91 Å². The Morgan fingerprint density at radius 2 is 1.83 bits per heavy atom. The summed E-state index contributed by atoms with van der Waals surface area (Å²) in [6, 6.07) is 9.06. The molecule has 1 aliphatic rings. The highest BCUT2D eigenvalue weighted by atomic mass is 19.1. The molecule has 0 aliphatic heterocycles. The zero-order valence-corrected chi connectivity index (χ0v) is 13.7. The van der Waals surface area contributed by atoms with Crippen LogP contribution in [0, 0.1) is 5.82 Å². The number of ketones is 1. The van der Waals surface area contributed by atoms with Crippen molar-refractivity contribution in [3.05, 3.63) is 64.7 Å². The largest absolute Gasteiger partial charge is 0.341 e. The fraction of sp³-hybridized carbons (Fsp3) is 0.316. The first kappa shape index (κ1) is 16.3. The van der Waals surface area contributed by atoms with Crippen LogP contribution >= 0.6 is 0 Å². The third-order valence-corrected chi connectivity index (χ3v) is 4.39. The van der Waals surface area contributed by atoms with Crippen LogP contribution < -0.4 is 5.32 Å². The van der Waals surface area contributed by atoms with Crippen LogP contribution in [0.4, 0.5) is 4.39 Å². The van der Waals surface area contributed by atoms with Gasteiger partial charge in [-0.3, -0.25) is 14.6 Å². The van der Waals surface area contributed by atoms with Gasteiger partial charge in [-0.05, 0) is 62.6 Å². The summed E-state index contributed by atoms with van der Waals surface area (Å²) in [5, 5.41) is 3.01. The molecule has 0 unspecified atom stereocenters. The molecular weight excluding hydrogens is 307 g/mol. The molecular formula is C19H19FN2O2. The summed E-state index contributed by atoms with van der Waals surface area (Å²) >= 11 is 0. The molecule has 1 fully saturated rings. The molecule has 0 bridgehead atoms. The van der Waals surface area contributed by atoms with E-state index in [0.717, 1.165) is 24.2 Å². The summed E-state index contributed by atoms with van der Waals surface area (Å²) < 4.78 is 13.0. The van der Waals surface area contributed by atoms with Gasteiger partial charge in [0.15, 0.2) is 5.78 Å². The molecule has 1 saturated carbocycles. The molecule has 0 atom stereocenters. The second-order valence-corrected chi connectivity index (χ2v) is 6.14. The van der Waals surface area contributed by atoms with E-state index in [1.165, 1.54) is 31.2 Å². The predicted octanol–water partition coefficient (Wildman–Crippen LogP) is 3.40. The van der Waals surface area contributed by atoms with E-state index in [4.69, 9.17) is 0 Å². The average Bonchev–Trinajstić information content (AvgIpc) is 3.35. The number of aryl methyl sites for hydroxylation is 1. The molecule has 2 aromatic rings. The molecule has 1 aromatic heterocycles. The quantitative estimate of drug-likeness (QED) is 0.857. The minimum absolute atomic E-state index is 0.00825. The van der Waals surface area contributed by atoms with Crippen LogP contribution in [0.1, 0.15) is 58.8 Å². The molecule has 0 radical (unpaired) electrons. The lowest BCUT2D eigenvalue weighted by Crippen LogP contribution is -2.35. The minimum Gasteiger partial charge on any atom is -0.341 e. The zero-order valence-electron chi connectivity index (χ0n) is 13.7. The van der Waals surface area contributed by atoms with Gasteiger partial charge in [-0.25, -0.2) is 4.39 Å². The Morgan fingerprint density at radius 3 is 2.38 bits per heavy atom. The molecule has 0 saturated heterocycles. The first-order valence-electron chi connectivity index (χ1n) is 8.04. The van der Waals surface area contributed by atoms with Gasteiger partial charge < -0.3 is 5.32 Å². The van der Waals surface area contributed by atoms with E-state index in [1.807, 2.05) is 13.0 Å². The number of Topliss-reactive ketones (excluding diaryl/α,β-unsaturated/α-hetero) is 1. The van der Waals surface area contributed by atoms with E-state index in [1.54, 1.807) is 6.07 Å². The van der Waals surface area contributed by atoms with Crippen LogP contribution in [0.3, 0.4) is 0 Å².